The smallest absolute Gasteiger partial charge is 0.0730 e. The van der Waals surface area contributed by atoms with E-state index in [4.69, 9.17) is 18.0 Å². The van der Waals surface area contributed by atoms with Crippen LogP contribution in [0.4, 0.5) is 0 Å². The molecule has 0 aliphatic rings. The molecule has 0 aromatic heterocycles. The van der Waals surface area contributed by atoms with Gasteiger partial charge in [0.15, 0.2) is 0 Å². The summed E-state index contributed by atoms with van der Waals surface area (Å²) in [5.41, 5.74) is 6.78. The third kappa shape index (κ3) is 3.29. The summed E-state index contributed by atoms with van der Waals surface area (Å²) >= 11 is 4.87. The van der Waals surface area contributed by atoms with Gasteiger partial charge in [-0.2, -0.15) is 0 Å². The first-order chi connectivity index (χ1) is 7.25. The highest BCUT2D eigenvalue weighted by molar-refractivity contribution is 8.93. The lowest BCUT2D eigenvalue weighted by Gasteiger charge is -2.02. The second-order valence-corrected chi connectivity index (χ2v) is 4.17. The maximum Gasteiger partial charge on any atom is 0.0730 e. The van der Waals surface area contributed by atoms with E-state index in [1.54, 1.807) is 0 Å². The summed E-state index contributed by atoms with van der Waals surface area (Å²) in [4.78, 5) is 0.586. The van der Waals surface area contributed by atoms with Gasteiger partial charge in [-0.15, -0.1) is 17.0 Å². The summed E-state index contributed by atoms with van der Waals surface area (Å²) in [6.07, 6.45) is 1.72. The van der Waals surface area contributed by atoms with Crippen LogP contribution in [0, 0.1) is 0 Å². The van der Waals surface area contributed by atoms with Crippen molar-refractivity contribution in [1.29, 1.82) is 0 Å². The molecular weight excluding hydrogens is 282 g/mol. The average Bonchev–Trinajstić information content (AvgIpc) is 2.26. The minimum Gasteiger partial charge on any atom is -0.393 e. The summed E-state index contributed by atoms with van der Waals surface area (Å²) in [6.45, 7) is 0. The van der Waals surface area contributed by atoms with E-state index in [-0.39, 0.29) is 17.0 Å². The molecule has 2 aromatic carbocycles. The van der Waals surface area contributed by atoms with Crippen molar-refractivity contribution in [3.8, 4) is 0 Å². The zero-order chi connectivity index (χ0) is 10.7. The third-order valence-electron chi connectivity index (χ3n) is 2.47. The number of halogens is 1. The van der Waals surface area contributed by atoms with E-state index in [1.807, 2.05) is 0 Å². The third-order valence-corrected chi connectivity index (χ3v) is 2.68. The van der Waals surface area contributed by atoms with Crippen LogP contribution < -0.4 is 5.73 Å². The molecular formula is C13H14BrNS. The fourth-order valence-electron chi connectivity index (χ4n) is 1.66. The Bertz CT molecular complexity index is 496. The lowest BCUT2D eigenvalue weighted by Crippen LogP contribution is -2.08. The van der Waals surface area contributed by atoms with Gasteiger partial charge < -0.3 is 5.73 Å². The summed E-state index contributed by atoms with van der Waals surface area (Å²) < 4.78 is 0. The first kappa shape index (κ1) is 13.1. The Balaban J connectivity index is 0.00000128. The monoisotopic (exact) mass is 295 g/mol. The van der Waals surface area contributed by atoms with Crippen LogP contribution in [-0.2, 0) is 6.42 Å². The van der Waals surface area contributed by atoms with Crippen LogP contribution in [-0.4, -0.2) is 4.99 Å². The van der Waals surface area contributed by atoms with Crippen LogP contribution in [0.3, 0.4) is 0 Å². The van der Waals surface area contributed by atoms with Crippen LogP contribution >= 0.6 is 29.2 Å². The standard InChI is InChI=1S/C13H13NS.BrH/c14-13(15)8-6-10-5-7-11-3-1-2-4-12(11)9-10;/h1-5,7,9H,6,8H2,(H2,14,15);1H. The molecule has 0 aliphatic heterocycles. The number of aryl methyl sites for hydroxylation is 1. The molecule has 16 heavy (non-hydrogen) atoms. The summed E-state index contributed by atoms with van der Waals surface area (Å²) in [7, 11) is 0. The molecule has 2 rings (SSSR count). The predicted molar refractivity (Wildman–Crippen MR) is 79.4 cm³/mol. The van der Waals surface area contributed by atoms with Crippen molar-refractivity contribution in [3.05, 3.63) is 48.0 Å². The van der Waals surface area contributed by atoms with E-state index < -0.39 is 0 Å². The van der Waals surface area contributed by atoms with Crippen LogP contribution in [0.15, 0.2) is 42.5 Å². The molecule has 0 saturated heterocycles. The van der Waals surface area contributed by atoms with Gasteiger partial charge in [-0.1, -0.05) is 54.7 Å². The summed E-state index contributed by atoms with van der Waals surface area (Å²) in [5.74, 6) is 0. The molecule has 0 heterocycles. The van der Waals surface area contributed by atoms with Gasteiger partial charge in [0.1, 0.15) is 0 Å². The molecule has 0 bridgehead atoms. The second kappa shape index (κ2) is 5.97. The molecule has 0 radical (unpaired) electrons. The van der Waals surface area contributed by atoms with E-state index in [9.17, 15) is 0 Å². The van der Waals surface area contributed by atoms with Gasteiger partial charge in [0.2, 0.25) is 0 Å². The number of rotatable bonds is 3. The fraction of sp³-hybridized carbons (Fsp3) is 0.154. The van der Waals surface area contributed by atoms with Crippen LogP contribution in [0.2, 0.25) is 0 Å². The maximum atomic E-state index is 5.48. The Hall–Kier alpha value is -0.930. The van der Waals surface area contributed by atoms with Gasteiger partial charge in [-0.25, -0.2) is 0 Å². The molecule has 0 saturated carbocycles. The van der Waals surface area contributed by atoms with Crippen LogP contribution in [0.5, 0.6) is 0 Å². The van der Waals surface area contributed by atoms with Crippen molar-refractivity contribution in [1.82, 2.24) is 0 Å². The van der Waals surface area contributed by atoms with Crippen LogP contribution in [0.25, 0.3) is 10.8 Å². The van der Waals surface area contributed by atoms with E-state index in [2.05, 4.69) is 42.5 Å². The minimum atomic E-state index is 0. The zero-order valence-electron chi connectivity index (χ0n) is 8.85. The SMILES string of the molecule is Br.NC(=S)CCc1ccc2ccccc2c1. The molecule has 0 fully saturated rings. The Morgan fingerprint density at radius 1 is 1.06 bits per heavy atom. The summed E-state index contributed by atoms with van der Waals surface area (Å²) in [6, 6.07) is 14.8. The molecule has 1 nitrogen and oxygen atoms in total. The molecule has 0 atom stereocenters. The van der Waals surface area contributed by atoms with Crippen molar-refractivity contribution in [2.45, 2.75) is 12.8 Å². The highest BCUT2D eigenvalue weighted by Crippen LogP contribution is 2.16. The van der Waals surface area contributed by atoms with Crippen molar-refractivity contribution in [3.63, 3.8) is 0 Å². The van der Waals surface area contributed by atoms with Gasteiger partial charge in [-0.3, -0.25) is 0 Å². The minimum absolute atomic E-state index is 0. The van der Waals surface area contributed by atoms with E-state index in [0.29, 0.717) is 4.99 Å². The Labute approximate surface area is 111 Å². The molecule has 2 N–H and O–H groups in total. The van der Waals surface area contributed by atoms with Crippen molar-refractivity contribution < 1.29 is 0 Å². The lowest BCUT2D eigenvalue weighted by molar-refractivity contribution is 1.05. The Kier molecular flexibility index (Phi) is 4.90. The van der Waals surface area contributed by atoms with E-state index in [1.165, 1.54) is 16.3 Å². The normalized spacial score (nSPS) is 9.75. The molecule has 0 spiro atoms. The van der Waals surface area contributed by atoms with Crippen LogP contribution in [0.1, 0.15) is 12.0 Å². The number of thiocarbonyl (C=S) groups is 1. The molecule has 0 aliphatic carbocycles. The number of nitrogens with two attached hydrogens (primary N) is 1. The fourth-order valence-corrected chi connectivity index (χ4v) is 1.76. The highest BCUT2D eigenvalue weighted by Gasteiger charge is 1.97. The molecule has 0 unspecified atom stereocenters. The summed E-state index contributed by atoms with van der Waals surface area (Å²) in [5, 5.41) is 2.55. The first-order valence-corrected chi connectivity index (χ1v) is 5.42. The van der Waals surface area contributed by atoms with Gasteiger partial charge in [0.05, 0.1) is 4.99 Å². The number of fused-ring (bicyclic) bond motifs is 1. The van der Waals surface area contributed by atoms with Crippen molar-refractivity contribution in [2.24, 2.45) is 5.73 Å². The van der Waals surface area contributed by atoms with E-state index in [0.717, 1.165) is 12.8 Å². The number of hydrogen-bond donors (Lipinski definition) is 1. The van der Waals surface area contributed by atoms with Gasteiger partial charge >= 0.3 is 0 Å². The largest absolute Gasteiger partial charge is 0.393 e. The number of benzene rings is 2. The molecule has 2 aromatic rings. The first-order valence-electron chi connectivity index (χ1n) is 5.02. The van der Waals surface area contributed by atoms with Gasteiger partial charge in [0.25, 0.3) is 0 Å². The molecule has 0 amide bonds. The highest BCUT2D eigenvalue weighted by atomic mass is 79.9. The quantitative estimate of drug-likeness (QED) is 0.875. The average molecular weight is 296 g/mol. The lowest BCUT2D eigenvalue weighted by atomic mass is 10.0. The van der Waals surface area contributed by atoms with Crippen molar-refractivity contribution in [2.75, 3.05) is 0 Å². The van der Waals surface area contributed by atoms with E-state index >= 15 is 0 Å². The second-order valence-electron chi connectivity index (χ2n) is 3.65. The number of hydrogen-bond acceptors (Lipinski definition) is 1. The Morgan fingerprint density at radius 3 is 2.44 bits per heavy atom. The van der Waals surface area contributed by atoms with Gasteiger partial charge in [-0.05, 0) is 22.8 Å². The topological polar surface area (TPSA) is 26.0 Å². The molecule has 84 valence electrons. The zero-order valence-corrected chi connectivity index (χ0v) is 11.4. The maximum absolute atomic E-state index is 5.48. The van der Waals surface area contributed by atoms with Gasteiger partial charge in [0, 0.05) is 6.42 Å². The predicted octanol–water partition coefficient (Wildman–Crippen LogP) is 3.64. The molecule has 3 heteroatoms. The Morgan fingerprint density at radius 2 is 1.75 bits per heavy atom. The van der Waals surface area contributed by atoms with Crippen molar-refractivity contribution >= 4 is 45.0 Å².